The lowest BCUT2D eigenvalue weighted by molar-refractivity contribution is -0.153. The quantitative estimate of drug-likeness (QED) is 0.791. The van der Waals surface area contributed by atoms with E-state index in [4.69, 9.17) is 9.15 Å². The van der Waals surface area contributed by atoms with Crippen LogP contribution in [-0.2, 0) is 16.0 Å². The molecule has 1 aromatic heterocycles. The minimum atomic E-state index is -0.420. The number of hydrogen-bond acceptors (Lipinski definition) is 4. The molecule has 1 N–H and O–H groups in total. The molecule has 0 aromatic carbocycles. The molecule has 4 heteroatoms. The molecule has 1 atom stereocenters. The Kier molecular flexibility index (Phi) is 5.41. The van der Waals surface area contributed by atoms with Gasteiger partial charge in [0.05, 0.1) is 12.8 Å². The normalized spacial score (nSPS) is 13.3. The van der Waals surface area contributed by atoms with E-state index in [2.05, 4.69) is 5.32 Å². The molecule has 0 aliphatic rings. The maximum Gasteiger partial charge on any atom is 0.320 e. The van der Waals surface area contributed by atoms with Crippen LogP contribution in [0.1, 0.15) is 39.9 Å². The van der Waals surface area contributed by atoms with Crippen molar-refractivity contribution in [2.45, 2.75) is 52.2 Å². The van der Waals surface area contributed by atoms with E-state index >= 15 is 0 Å². The highest BCUT2D eigenvalue weighted by molar-refractivity contribution is 5.72. The van der Waals surface area contributed by atoms with Gasteiger partial charge in [0.1, 0.15) is 11.4 Å². The summed E-state index contributed by atoms with van der Waals surface area (Å²) in [5.41, 5.74) is -0.420. The van der Waals surface area contributed by atoms with E-state index in [1.54, 1.807) is 6.26 Å². The fourth-order valence-corrected chi connectivity index (χ4v) is 1.55. The lowest BCUT2D eigenvalue weighted by Gasteiger charge is -2.20. The Labute approximate surface area is 109 Å². The van der Waals surface area contributed by atoms with Crippen molar-refractivity contribution in [3.8, 4) is 0 Å². The van der Waals surface area contributed by atoms with Crippen LogP contribution in [0.25, 0.3) is 0 Å². The smallest absolute Gasteiger partial charge is 0.320 e. The summed E-state index contributed by atoms with van der Waals surface area (Å²) in [6.45, 7) is 7.89. The molecular weight excluding hydrogens is 230 g/mol. The topological polar surface area (TPSA) is 51.5 Å². The Hall–Kier alpha value is -1.29. The minimum absolute atomic E-state index is 0.215. The summed E-state index contributed by atoms with van der Waals surface area (Å²) >= 11 is 0. The summed E-state index contributed by atoms with van der Waals surface area (Å²) in [5.74, 6) is 0.758. The van der Waals surface area contributed by atoms with Crippen LogP contribution in [0, 0.1) is 0 Å². The number of carbonyl (C=O) groups excluding carboxylic acids is 1. The van der Waals surface area contributed by atoms with Crippen LogP contribution in [0.5, 0.6) is 0 Å². The third kappa shape index (κ3) is 6.45. The average Bonchev–Trinajstić information content (AvgIpc) is 2.74. The third-order valence-electron chi connectivity index (χ3n) is 2.42. The van der Waals surface area contributed by atoms with Crippen LogP contribution in [-0.4, -0.2) is 24.2 Å². The number of furan rings is 1. The van der Waals surface area contributed by atoms with E-state index in [-0.39, 0.29) is 18.6 Å². The summed E-state index contributed by atoms with van der Waals surface area (Å²) in [6.07, 6.45) is 3.47. The first-order chi connectivity index (χ1) is 8.37. The molecule has 1 aromatic rings. The summed E-state index contributed by atoms with van der Waals surface area (Å²) in [7, 11) is 0. The number of esters is 1. The first kappa shape index (κ1) is 14.8. The van der Waals surface area contributed by atoms with Gasteiger partial charge >= 0.3 is 5.97 Å². The molecule has 0 spiro atoms. The van der Waals surface area contributed by atoms with E-state index in [1.165, 1.54) is 0 Å². The maximum atomic E-state index is 11.5. The maximum absolute atomic E-state index is 11.5. The molecular formula is C14H23NO3. The second-order valence-corrected chi connectivity index (χ2v) is 5.49. The molecule has 0 saturated carbocycles. The van der Waals surface area contributed by atoms with Gasteiger partial charge in [-0.15, -0.1) is 0 Å². The fraction of sp³-hybridized carbons (Fsp3) is 0.643. The Morgan fingerprint density at radius 1 is 1.50 bits per heavy atom. The molecule has 1 heterocycles. The third-order valence-corrected chi connectivity index (χ3v) is 2.42. The molecule has 4 nitrogen and oxygen atoms in total. The SMILES string of the molecule is CC(CCc1ccco1)NCC(=O)OC(C)(C)C. The van der Waals surface area contributed by atoms with Crippen LogP contribution >= 0.6 is 0 Å². The number of aryl methyl sites for hydroxylation is 1. The number of rotatable bonds is 6. The van der Waals surface area contributed by atoms with Gasteiger partial charge in [-0.1, -0.05) is 0 Å². The van der Waals surface area contributed by atoms with Gasteiger partial charge in [0.25, 0.3) is 0 Å². The van der Waals surface area contributed by atoms with Crippen molar-refractivity contribution in [1.82, 2.24) is 5.32 Å². The first-order valence-electron chi connectivity index (χ1n) is 6.34. The molecule has 18 heavy (non-hydrogen) atoms. The Morgan fingerprint density at radius 2 is 2.22 bits per heavy atom. The highest BCUT2D eigenvalue weighted by Crippen LogP contribution is 2.07. The van der Waals surface area contributed by atoms with Gasteiger partial charge in [0.15, 0.2) is 0 Å². The van der Waals surface area contributed by atoms with E-state index in [0.29, 0.717) is 0 Å². The zero-order valence-corrected chi connectivity index (χ0v) is 11.7. The summed E-state index contributed by atoms with van der Waals surface area (Å²) in [6, 6.07) is 4.09. The number of carbonyl (C=O) groups is 1. The van der Waals surface area contributed by atoms with Crippen LogP contribution in [0.2, 0.25) is 0 Å². The molecule has 0 saturated heterocycles. The number of nitrogens with one attached hydrogen (secondary N) is 1. The minimum Gasteiger partial charge on any atom is -0.469 e. The number of ether oxygens (including phenoxy) is 1. The standard InChI is InChI=1S/C14H23NO3/c1-11(7-8-12-6-5-9-17-12)15-10-13(16)18-14(2,3)4/h5-6,9,11,15H,7-8,10H2,1-4H3. The largest absolute Gasteiger partial charge is 0.469 e. The van der Waals surface area contributed by atoms with Crippen molar-refractivity contribution in [1.29, 1.82) is 0 Å². The zero-order chi connectivity index (χ0) is 13.6. The monoisotopic (exact) mass is 253 g/mol. The van der Waals surface area contributed by atoms with Gasteiger partial charge in [0, 0.05) is 12.5 Å². The van der Waals surface area contributed by atoms with Gasteiger partial charge < -0.3 is 14.5 Å². The molecule has 0 aliphatic carbocycles. The Morgan fingerprint density at radius 3 is 2.78 bits per heavy atom. The molecule has 0 radical (unpaired) electrons. The lowest BCUT2D eigenvalue weighted by Crippen LogP contribution is -2.36. The van der Waals surface area contributed by atoms with Crippen molar-refractivity contribution in [3.05, 3.63) is 24.2 Å². The second kappa shape index (κ2) is 6.59. The Bertz CT molecular complexity index is 352. The molecule has 0 aliphatic heterocycles. The van der Waals surface area contributed by atoms with Crippen LogP contribution < -0.4 is 5.32 Å². The van der Waals surface area contributed by atoms with Crippen LogP contribution in [0.15, 0.2) is 22.8 Å². The first-order valence-corrected chi connectivity index (χ1v) is 6.34. The highest BCUT2D eigenvalue weighted by atomic mass is 16.6. The van der Waals surface area contributed by atoms with E-state index in [1.807, 2.05) is 39.8 Å². The van der Waals surface area contributed by atoms with E-state index < -0.39 is 5.60 Å². The van der Waals surface area contributed by atoms with Crippen molar-refractivity contribution < 1.29 is 13.9 Å². The molecule has 0 bridgehead atoms. The highest BCUT2D eigenvalue weighted by Gasteiger charge is 2.16. The molecule has 0 fully saturated rings. The van der Waals surface area contributed by atoms with Gasteiger partial charge in [-0.3, -0.25) is 4.79 Å². The van der Waals surface area contributed by atoms with Crippen molar-refractivity contribution in [2.24, 2.45) is 0 Å². The molecule has 102 valence electrons. The average molecular weight is 253 g/mol. The van der Waals surface area contributed by atoms with E-state index in [9.17, 15) is 4.79 Å². The van der Waals surface area contributed by atoms with Crippen LogP contribution in [0.4, 0.5) is 0 Å². The summed E-state index contributed by atoms with van der Waals surface area (Å²) < 4.78 is 10.5. The van der Waals surface area contributed by atoms with E-state index in [0.717, 1.165) is 18.6 Å². The summed E-state index contributed by atoms with van der Waals surface area (Å²) in [4.78, 5) is 11.5. The summed E-state index contributed by atoms with van der Waals surface area (Å²) in [5, 5.41) is 3.15. The van der Waals surface area contributed by atoms with Crippen molar-refractivity contribution in [2.75, 3.05) is 6.54 Å². The van der Waals surface area contributed by atoms with Crippen molar-refractivity contribution >= 4 is 5.97 Å². The van der Waals surface area contributed by atoms with Crippen molar-refractivity contribution in [3.63, 3.8) is 0 Å². The van der Waals surface area contributed by atoms with Gasteiger partial charge in [-0.2, -0.15) is 0 Å². The molecule has 0 amide bonds. The van der Waals surface area contributed by atoms with Gasteiger partial charge in [-0.25, -0.2) is 0 Å². The predicted molar refractivity (Wildman–Crippen MR) is 70.3 cm³/mol. The lowest BCUT2D eigenvalue weighted by atomic mass is 10.1. The van der Waals surface area contributed by atoms with Crippen LogP contribution in [0.3, 0.4) is 0 Å². The molecule has 1 unspecified atom stereocenters. The molecule has 1 rings (SSSR count). The van der Waals surface area contributed by atoms with Gasteiger partial charge in [-0.05, 0) is 46.2 Å². The Balaban J connectivity index is 2.17. The zero-order valence-electron chi connectivity index (χ0n) is 11.7. The second-order valence-electron chi connectivity index (χ2n) is 5.49. The van der Waals surface area contributed by atoms with Gasteiger partial charge in [0.2, 0.25) is 0 Å². The number of hydrogen-bond donors (Lipinski definition) is 1. The predicted octanol–water partition coefficient (Wildman–Crippen LogP) is 2.53. The fourth-order valence-electron chi connectivity index (χ4n) is 1.55.